The number of nitrogens with one attached hydrogen (secondary N) is 1. The van der Waals surface area contributed by atoms with Crippen molar-refractivity contribution >= 4 is 5.96 Å². The third-order valence-corrected chi connectivity index (χ3v) is 4.59. The van der Waals surface area contributed by atoms with E-state index in [4.69, 9.17) is 0 Å². The first-order valence-corrected chi connectivity index (χ1v) is 9.26. The number of rotatable bonds is 6. The van der Waals surface area contributed by atoms with Gasteiger partial charge in [0.1, 0.15) is 12.4 Å². The Morgan fingerprint density at radius 1 is 1.19 bits per heavy atom. The molecule has 0 atom stereocenters. The van der Waals surface area contributed by atoms with Crippen LogP contribution in [0.1, 0.15) is 24.9 Å². The van der Waals surface area contributed by atoms with E-state index in [1.165, 1.54) is 18.0 Å². The van der Waals surface area contributed by atoms with Gasteiger partial charge >= 0.3 is 6.55 Å². The minimum Gasteiger partial charge on any atom is -0.357 e. The minimum absolute atomic E-state index is 0.129. The van der Waals surface area contributed by atoms with Gasteiger partial charge in [-0.3, -0.25) is 9.47 Å². The van der Waals surface area contributed by atoms with Crippen LogP contribution in [0.5, 0.6) is 0 Å². The summed E-state index contributed by atoms with van der Waals surface area (Å²) < 4.78 is 26.8. The lowest BCUT2D eigenvalue weighted by molar-refractivity contribution is 0.0670. The monoisotopic (exact) mass is 376 g/mol. The van der Waals surface area contributed by atoms with Crippen molar-refractivity contribution in [2.45, 2.75) is 26.6 Å². The number of imidazole rings is 1. The molecule has 1 aromatic heterocycles. The van der Waals surface area contributed by atoms with Crippen LogP contribution in [0.4, 0.5) is 8.78 Å². The summed E-state index contributed by atoms with van der Waals surface area (Å²) in [6, 6.07) is 10.4. The van der Waals surface area contributed by atoms with E-state index in [0.29, 0.717) is 0 Å². The molecule has 0 unspecified atom stereocenters. The Hall–Kier alpha value is -2.48. The number of alkyl halides is 2. The lowest BCUT2D eigenvalue weighted by atomic mass is 10.2. The molecule has 2 aromatic rings. The molecular weight excluding hydrogens is 350 g/mol. The first kappa shape index (κ1) is 19.3. The molecule has 1 fully saturated rings. The molecule has 0 amide bonds. The Bertz CT molecular complexity index is 723. The average molecular weight is 376 g/mol. The van der Waals surface area contributed by atoms with Gasteiger partial charge in [-0.15, -0.1) is 0 Å². The molecule has 0 bridgehead atoms. The van der Waals surface area contributed by atoms with Crippen molar-refractivity contribution in [2.75, 3.05) is 32.7 Å². The number of piperazine rings is 1. The van der Waals surface area contributed by atoms with E-state index in [-0.39, 0.29) is 12.4 Å². The highest BCUT2D eigenvalue weighted by molar-refractivity contribution is 5.80. The fourth-order valence-electron chi connectivity index (χ4n) is 3.17. The van der Waals surface area contributed by atoms with Crippen molar-refractivity contribution in [3.05, 3.63) is 54.1 Å². The van der Waals surface area contributed by atoms with Gasteiger partial charge in [0, 0.05) is 51.7 Å². The second-order valence-corrected chi connectivity index (χ2v) is 6.45. The van der Waals surface area contributed by atoms with E-state index in [0.717, 1.165) is 49.8 Å². The maximum Gasteiger partial charge on any atom is 0.319 e. The van der Waals surface area contributed by atoms with Gasteiger partial charge in [0.15, 0.2) is 5.96 Å². The molecule has 1 N–H and O–H groups in total. The van der Waals surface area contributed by atoms with Gasteiger partial charge in [0.2, 0.25) is 0 Å². The zero-order valence-corrected chi connectivity index (χ0v) is 15.6. The summed E-state index contributed by atoms with van der Waals surface area (Å²) in [5, 5.41) is 3.26. The first-order chi connectivity index (χ1) is 13.2. The first-order valence-electron chi connectivity index (χ1n) is 9.26. The number of aliphatic imine (C=N–C) groups is 1. The van der Waals surface area contributed by atoms with Crippen LogP contribution in [0.25, 0.3) is 0 Å². The Kier molecular flexibility index (Phi) is 6.75. The number of aromatic nitrogens is 2. The molecular formula is C19H26F2N6. The number of benzene rings is 1. The second kappa shape index (κ2) is 9.45. The molecule has 0 spiro atoms. The molecule has 27 heavy (non-hydrogen) atoms. The Labute approximate surface area is 158 Å². The number of hydrogen-bond acceptors (Lipinski definition) is 3. The number of halogens is 2. The van der Waals surface area contributed by atoms with Crippen LogP contribution in [0, 0.1) is 0 Å². The van der Waals surface area contributed by atoms with Crippen LogP contribution in [-0.4, -0.2) is 58.0 Å². The molecule has 0 aliphatic carbocycles. The van der Waals surface area contributed by atoms with Gasteiger partial charge in [-0.2, -0.15) is 8.78 Å². The summed E-state index contributed by atoms with van der Waals surface area (Å²) in [6.07, 6.45) is 2.66. The van der Waals surface area contributed by atoms with Gasteiger partial charge in [0.25, 0.3) is 0 Å². The van der Waals surface area contributed by atoms with Crippen LogP contribution < -0.4 is 5.32 Å². The lowest BCUT2D eigenvalue weighted by Gasteiger charge is -2.36. The van der Waals surface area contributed by atoms with E-state index in [2.05, 4.69) is 49.4 Å². The molecule has 1 saturated heterocycles. The molecule has 3 rings (SSSR count). The zero-order valence-electron chi connectivity index (χ0n) is 15.6. The van der Waals surface area contributed by atoms with Crippen molar-refractivity contribution in [2.24, 2.45) is 4.99 Å². The fourth-order valence-corrected chi connectivity index (χ4v) is 3.17. The molecule has 2 heterocycles. The zero-order chi connectivity index (χ0) is 19.1. The lowest BCUT2D eigenvalue weighted by Crippen LogP contribution is -2.52. The highest BCUT2D eigenvalue weighted by Crippen LogP contribution is 2.13. The Balaban J connectivity index is 1.58. The quantitative estimate of drug-likeness (QED) is 0.622. The van der Waals surface area contributed by atoms with Crippen molar-refractivity contribution in [3.63, 3.8) is 0 Å². The van der Waals surface area contributed by atoms with Crippen LogP contribution in [-0.2, 0) is 13.1 Å². The molecule has 0 radical (unpaired) electrons. The largest absolute Gasteiger partial charge is 0.357 e. The number of hydrogen-bond donors (Lipinski definition) is 1. The summed E-state index contributed by atoms with van der Waals surface area (Å²) in [7, 11) is 0. The van der Waals surface area contributed by atoms with Gasteiger partial charge in [-0.05, 0) is 12.5 Å². The molecule has 0 saturated carbocycles. The molecule has 1 aliphatic heterocycles. The fraction of sp³-hybridized carbons (Fsp3) is 0.474. The number of nitrogens with zero attached hydrogens (tertiary/aromatic N) is 5. The van der Waals surface area contributed by atoms with E-state index >= 15 is 0 Å². The molecule has 6 nitrogen and oxygen atoms in total. The molecule has 1 aromatic carbocycles. The van der Waals surface area contributed by atoms with Crippen LogP contribution in [0.15, 0.2) is 47.7 Å². The summed E-state index contributed by atoms with van der Waals surface area (Å²) in [5.41, 5.74) is 1.31. The molecule has 1 aliphatic rings. The van der Waals surface area contributed by atoms with Crippen molar-refractivity contribution < 1.29 is 8.78 Å². The molecule has 8 heteroatoms. The highest BCUT2D eigenvalue weighted by Gasteiger charge is 2.20. The topological polar surface area (TPSA) is 48.7 Å². The van der Waals surface area contributed by atoms with Crippen molar-refractivity contribution in [3.8, 4) is 0 Å². The maximum absolute atomic E-state index is 13.0. The van der Waals surface area contributed by atoms with Gasteiger partial charge in [-0.1, -0.05) is 30.3 Å². The highest BCUT2D eigenvalue weighted by atomic mass is 19.3. The van der Waals surface area contributed by atoms with Crippen LogP contribution in [0.3, 0.4) is 0 Å². The summed E-state index contributed by atoms with van der Waals surface area (Å²) in [6.45, 7) is 4.77. The number of guanidine groups is 1. The van der Waals surface area contributed by atoms with E-state index < -0.39 is 6.55 Å². The SMILES string of the molecule is CCNC(=NCc1nccn1C(F)F)N1CCN(Cc2ccccc2)CC1. The van der Waals surface area contributed by atoms with E-state index in [1.54, 1.807) is 0 Å². The van der Waals surface area contributed by atoms with Crippen LogP contribution >= 0.6 is 0 Å². The average Bonchev–Trinajstić information content (AvgIpc) is 3.16. The maximum atomic E-state index is 13.0. The standard InChI is InChI=1S/C19H26F2N6/c1-2-22-19(24-14-17-23-8-9-27(17)18(20)21)26-12-10-25(11-13-26)15-16-6-4-3-5-7-16/h3-9,18H,2,10-15H2,1H3,(H,22,24). The minimum atomic E-state index is -2.60. The Morgan fingerprint density at radius 3 is 2.59 bits per heavy atom. The van der Waals surface area contributed by atoms with Gasteiger partial charge in [-0.25, -0.2) is 9.98 Å². The normalized spacial score (nSPS) is 16.1. The van der Waals surface area contributed by atoms with Crippen molar-refractivity contribution in [1.29, 1.82) is 0 Å². The van der Waals surface area contributed by atoms with Crippen LogP contribution in [0.2, 0.25) is 0 Å². The smallest absolute Gasteiger partial charge is 0.319 e. The van der Waals surface area contributed by atoms with E-state index in [1.807, 2.05) is 13.0 Å². The van der Waals surface area contributed by atoms with Gasteiger partial charge < -0.3 is 10.2 Å². The summed E-state index contributed by atoms with van der Waals surface area (Å²) in [4.78, 5) is 13.1. The summed E-state index contributed by atoms with van der Waals surface area (Å²) >= 11 is 0. The predicted octanol–water partition coefficient (Wildman–Crippen LogP) is 2.56. The molecule has 146 valence electrons. The second-order valence-electron chi connectivity index (χ2n) is 6.45. The predicted molar refractivity (Wildman–Crippen MR) is 102 cm³/mol. The Morgan fingerprint density at radius 2 is 1.93 bits per heavy atom. The van der Waals surface area contributed by atoms with E-state index in [9.17, 15) is 8.78 Å². The third-order valence-electron chi connectivity index (χ3n) is 4.59. The third kappa shape index (κ3) is 5.26. The van der Waals surface area contributed by atoms with Gasteiger partial charge in [0.05, 0.1) is 0 Å². The summed E-state index contributed by atoms with van der Waals surface area (Å²) in [5.74, 6) is 1.02. The van der Waals surface area contributed by atoms with Crippen molar-refractivity contribution in [1.82, 2.24) is 24.7 Å².